The molecule has 1 heterocycles. The maximum absolute atomic E-state index is 9.08. The molecular formula is C35H51N3. The van der Waals surface area contributed by atoms with Crippen LogP contribution in [0.5, 0.6) is 0 Å². The van der Waals surface area contributed by atoms with Gasteiger partial charge in [0.1, 0.15) is 0 Å². The molecule has 1 aliphatic rings. The van der Waals surface area contributed by atoms with Crippen molar-refractivity contribution in [3.05, 3.63) is 83.0 Å². The second-order valence-corrected chi connectivity index (χ2v) is 12.8. The largest absolute Gasteiger partial charge is 0.317 e. The number of nitrogens with zero attached hydrogens (tertiary/aromatic N) is 3. The lowest BCUT2D eigenvalue weighted by Crippen LogP contribution is -2.35. The Labute approximate surface area is 233 Å². The SMILES string of the molecule is C=C(c1cccnc1CC)N(/C=C(\CC)C1CC(C)(C)CC(C)(C)C1)/C(C=C(C)C)=C/C/C=C(\C)CC#N. The fourth-order valence-electron chi connectivity index (χ4n) is 6.28. The fraction of sp³-hybridized carbons (Fsp3) is 0.543. The van der Waals surface area contributed by atoms with Crippen LogP contribution in [0, 0.1) is 28.1 Å². The Hall–Kier alpha value is -2.86. The van der Waals surface area contributed by atoms with Gasteiger partial charge in [-0.25, -0.2) is 0 Å². The van der Waals surface area contributed by atoms with Crippen molar-refractivity contribution in [2.45, 2.75) is 107 Å². The number of hydrogen-bond donors (Lipinski definition) is 0. The molecule has 0 bridgehead atoms. The van der Waals surface area contributed by atoms with Crippen molar-refractivity contribution in [1.82, 2.24) is 9.88 Å². The third-order valence-corrected chi connectivity index (χ3v) is 7.48. The van der Waals surface area contributed by atoms with Gasteiger partial charge >= 0.3 is 0 Å². The first-order valence-corrected chi connectivity index (χ1v) is 14.3. The van der Waals surface area contributed by atoms with Crippen LogP contribution in [0.2, 0.25) is 0 Å². The van der Waals surface area contributed by atoms with Crippen LogP contribution in [0.3, 0.4) is 0 Å². The molecule has 1 fully saturated rings. The van der Waals surface area contributed by atoms with Crippen molar-refractivity contribution in [2.75, 3.05) is 0 Å². The van der Waals surface area contributed by atoms with E-state index in [9.17, 15) is 0 Å². The zero-order valence-electron chi connectivity index (χ0n) is 25.6. The van der Waals surface area contributed by atoms with Crippen molar-refractivity contribution in [3.8, 4) is 6.07 Å². The number of pyridine rings is 1. The summed E-state index contributed by atoms with van der Waals surface area (Å²) < 4.78 is 0. The Balaban J connectivity index is 2.68. The molecule has 3 heteroatoms. The van der Waals surface area contributed by atoms with Gasteiger partial charge in [-0.05, 0) is 94.3 Å². The van der Waals surface area contributed by atoms with E-state index in [1.807, 2.05) is 19.2 Å². The summed E-state index contributed by atoms with van der Waals surface area (Å²) >= 11 is 0. The normalized spacial score (nSPS) is 18.1. The van der Waals surface area contributed by atoms with E-state index in [4.69, 9.17) is 5.26 Å². The first-order chi connectivity index (χ1) is 17.8. The summed E-state index contributed by atoms with van der Waals surface area (Å²) in [4.78, 5) is 6.98. The molecule has 1 saturated carbocycles. The Kier molecular flexibility index (Phi) is 11.4. The highest BCUT2D eigenvalue weighted by atomic mass is 15.1. The van der Waals surface area contributed by atoms with Crippen molar-refractivity contribution in [3.63, 3.8) is 0 Å². The van der Waals surface area contributed by atoms with Gasteiger partial charge in [0.25, 0.3) is 0 Å². The van der Waals surface area contributed by atoms with E-state index in [1.165, 1.54) is 30.4 Å². The number of aromatic nitrogens is 1. The van der Waals surface area contributed by atoms with E-state index in [2.05, 4.69) is 108 Å². The van der Waals surface area contributed by atoms with Gasteiger partial charge in [0.2, 0.25) is 0 Å². The van der Waals surface area contributed by atoms with Crippen LogP contribution in [0.4, 0.5) is 0 Å². The summed E-state index contributed by atoms with van der Waals surface area (Å²) in [5.74, 6) is 0.541. The number of rotatable bonds is 11. The van der Waals surface area contributed by atoms with Crippen LogP contribution in [0.1, 0.15) is 112 Å². The zero-order valence-corrected chi connectivity index (χ0v) is 25.6. The molecule has 38 heavy (non-hydrogen) atoms. The summed E-state index contributed by atoms with van der Waals surface area (Å²) in [6.07, 6.45) is 17.7. The van der Waals surface area contributed by atoms with E-state index < -0.39 is 0 Å². The van der Waals surface area contributed by atoms with Crippen LogP contribution in [0.25, 0.3) is 5.70 Å². The van der Waals surface area contributed by atoms with Gasteiger partial charge < -0.3 is 4.90 Å². The standard InChI is InChI=1S/C35H51N3/c1-11-29(30-22-34(7,8)25-35(9,10)23-30)24-38(28(6)32-17-14-20-37-33(32)12-2)31(21-26(3)4)16-13-15-27(5)18-19-36/h14-17,20-21,24,30H,6,11-13,18,22-23,25H2,1-5,7-10H3/b27-15+,29-24+,31-16+. The molecule has 1 aliphatic carbocycles. The lowest BCUT2D eigenvalue weighted by atomic mass is 9.60. The summed E-state index contributed by atoms with van der Waals surface area (Å²) in [7, 11) is 0. The van der Waals surface area contributed by atoms with Crippen LogP contribution in [0.15, 0.2) is 71.8 Å². The zero-order chi connectivity index (χ0) is 28.5. The molecule has 206 valence electrons. The first kappa shape index (κ1) is 31.4. The summed E-state index contributed by atoms with van der Waals surface area (Å²) in [6.45, 7) is 25.1. The smallest absolute Gasteiger partial charge is 0.0666 e. The van der Waals surface area contributed by atoms with Gasteiger partial charge in [-0.3, -0.25) is 4.98 Å². The molecule has 0 saturated heterocycles. The topological polar surface area (TPSA) is 39.9 Å². The Morgan fingerprint density at radius 3 is 2.34 bits per heavy atom. The predicted molar refractivity (Wildman–Crippen MR) is 164 cm³/mol. The first-order valence-electron chi connectivity index (χ1n) is 14.3. The summed E-state index contributed by atoms with van der Waals surface area (Å²) in [6, 6.07) is 6.40. The van der Waals surface area contributed by atoms with Crippen molar-refractivity contribution in [1.29, 1.82) is 5.26 Å². The van der Waals surface area contributed by atoms with Crippen LogP contribution in [-0.2, 0) is 6.42 Å². The summed E-state index contributed by atoms with van der Waals surface area (Å²) in [5, 5.41) is 9.08. The lowest BCUT2D eigenvalue weighted by molar-refractivity contribution is 0.0803. The highest BCUT2D eigenvalue weighted by Crippen LogP contribution is 2.51. The highest BCUT2D eigenvalue weighted by molar-refractivity contribution is 5.67. The maximum Gasteiger partial charge on any atom is 0.0666 e. The van der Waals surface area contributed by atoms with Crippen molar-refractivity contribution >= 4 is 5.70 Å². The van der Waals surface area contributed by atoms with Gasteiger partial charge in [0.05, 0.1) is 12.5 Å². The predicted octanol–water partition coefficient (Wildman–Crippen LogP) is 10.2. The summed E-state index contributed by atoms with van der Waals surface area (Å²) in [5.41, 5.74) is 8.69. The van der Waals surface area contributed by atoms with Crippen LogP contribution < -0.4 is 0 Å². The minimum Gasteiger partial charge on any atom is -0.317 e. The number of allylic oxidation sites excluding steroid dienone is 6. The second kappa shape index (κ2) is 13.8. The fourth-order valence-corrected chi connectivity index (χ4v) is 6.28. The molecule has 0 aromatic carbocycles. The molecule has 1 aromatic rings. The maximum atomic E-state index is 9.08. The Morgan fingerprint density at radius 1 is 1.13 bits per heavy atom. The molecule has 0 amide bonds. The van der Waals surface area contributed by atoms with Gasteiger partial charge in [-0.15, -0.1) is 0 Å². The molecule has 0 N–H and O–H groups in total. The third-order valence-electron chi connectivity index (χ3n) is 7.48. The number of nitriles is 1. The van der Waals surface area contributed by atoms with Crippen molar-refractivity contribution in [2.24, 2.45) is 16.7 Å². The highest BCUT2D eigenvalue weighted by Gasteiger charge is 2.39. The Bertz CT molecular complexity index is 1110. The van der Waals surface area contributed by atoms with E-state index in [0.29, 0.717) is 23.2 Å². The van der Waals surface area contributed by atoms with Gasteiger partial charge in [-0.2, -0.15) is 5.26 Å². The second-order valence-electron chi connectivity index (χ2n) is 12.8. The lowest BCUT2D eigenvalue weighted by Gasteiger charge is -2.46. The van der Waals surface area contributed by atoms with E-state index in [-0.39, 0.29) is 0 Å². The quantitative estimate of drug-likeness (QED) is 0.218. The average Bonchev–Trinajstić information content (AvgIpc) is 2.81. The monoisotopic (exact) mass is 513 g/mol. The molecule has 0 spiro atoms. The molecule has 2 rings (SSSR count). The van der Waals surface area contributed by atoms with E-state index >= 15 is 0 Å². The molecule has 0 aliphatic heterocycles. The number of hydrogen-bond acceptors (Lipinski definition) is 3. The average molecular weight is 514 g/mol. The van der Waals surface area contributed by atoms with E-state index in [1.54, 1.807) is 0 Å². The van der Waals surface area contributed by atoms with E-state index in [0.717, 1.165) is 47.5 Å². The molecule has 1 aromatic heterocycles. The molecular weight excluding hydrogens is 462 g/mol. The van der Waals surface area contributed by atoms with Gasteiger partial charge in [0.15, 0.2) is 0 Å². The van der Waals surface area contributed by atoms with Gasteiger partial charge in [-0.1, -0.05) is 77.0 Å². The molecule has 3 nitrogen and oxygen atoms in total. The van der Waals surface area contributed by atoms with Crippen LogP contribution >= 0.6 is 0 Å². The minimum atomic E-state index is 0.322. The van der Waals surface area contributed by atoms with Gasteiger partial charge in [0, 0.05) is 35.0 Å². The molecule has 0 unspecified atom stereocenters. The third kappa shape index (κ3) is 9.16. The Morgan fingerprint density at radius 2 is 1.79 bits per heavy atom. The van der Waals surface area contributed by atoms with Crippen molar-refractivity contribution < 1.29 is 0 Å². The molecule has 0 atom stereocenters. The minimum absolute atomic E-state index is 0.322. The molecule has 0 radical (unpaired) electrons. The van der Waals surface area contributed by atoms with Crippen LogP contribution in [-0.4, -0.2) is 9.88 Å². The number of aryl methyl sites for hydroxylation is 1.